The van der Waals surface area contributed by atoms with Crippen LogP contribution in [-0.4, -0.2) is 23.1 Å². The summed E-state index contributed by atoms with van der Waals surface area (Å²) in [6, 6.07) is 0. The van der Waals surface area contributed by atoms with Crippen molar-refractivity contribution in [3.05, 3.63) is 0 Å². The summed E-state index contributed by atoms with van der Waals surface area (Å²) in [6.45, 7) is 11.8. The first kappa shape index (κ1) is 22.9. The van der Waals surface area contributed by atoms with E-state index < -0.39 is 0 Å². The third-order valence-corrected chi connectivity index (χ3v) is 4.49. The van der Waals surface area contributed by atoms with E-state index in [2.05, 4.69) is 0 Å². The Morgan fingerprint density at radius 1 is 0.625 bits per heavy atom. The Hall–Kier alpha value is -1.06. The second-order valence-electron chi connectivity index (χ2n) is 7.80. The van der Waals surface area contributed by atoms with Gasteiger partial charge in [0.05, 0.1) is 0 Å². The molecule has 24 heavy (non-hydrogen) atoms. The van der Waals surface area contributed by atoms with Crippen LogP contribution in [0.5, 0.6) is 0 Å². The molecule has 0 fully saturated rings. The van der Waals surface area contributed by atoms with Gasteiger partial charge in [-0.25, -0.2) is 0 Å². The molecule has 142 valence electrons. The molecule has 0 unspecified atom stereocenters. The fraction of sp³-hybridized carbons (Fsp3) is 0.900. The highest BCUT2D eigenvalue weighted by atomic mass is 16.6. The second kappa shape index (κ2) is 11.5. The Morgan fingerprint density at radius 2 is 0.917 bits per heavy atom. The van der Waals surface area contributed by atoms with Crippen molar-refractivity contribution in [3.63, 3.8) is 0 Å². The monoisotopic (exact) mass is 342 g/mol. The van der Waals surface area contributed by atoms with Crippen molar-refractivity contribution in [2.45, 2.75) is 117 Å². The van der Waals surface area contributed by atoms with Gasteiger partial charge >= 0.3 is 11.9 Å². The lowest BCUT2D eigenvalue weighted by Gasteiger charge is -2.23. The van der Waals surface area contributed by atoms with Gasteiger partial charge in [0.15, 0.2) is 0 Å². The number of unbranched alkanes of at least 4 members (excludes halogenated alkanes) is 5. The number of ether oxygens (including phenoxy) is 2. The second-order valence-corrected chi connectivity index (χ2v) is 7.80. The summed E-state index contributed by atoms with van der Waals surface area (Å²) in [7, 11) is 0. The zero-order valence-electron chi connectivity index (χ0n) is 16.7. The zero-order chi connectivity index (χ0) is 18.6. The summed E-state index contributed by atoms with van der Waals surface area (Å²) in [5.74, 6) is -0.189. The van der Waals surface area contributed by atoms with Crippen molar-refractivity contribution in [1.82, 2.24) is 0 Å². The zero-order valence-corrected chi connectivity index (χ0v) is 16.7. The summed E-state index contributed by atoms with van der Waals surface area (Å²) >= 11 is 0. The molecule has 0 spiro atoms. The van der Waals surface area contributed by atoms with Gasteiger partial charge in [-0.15, -0.1) is 0 Å². The van der Waals surface area contributed by atoms with E-state index in [1.54, 1.807) is 0 Å². The van der Waals surface area contributed by atoms with Crippen LogP contribution in [0.4, 0.5) is 0 Å². The van der Waals surface area contributed by atoms with Crippen LogP contribution in [0.25, 0.3) is 0 Å². The van der Waals surface area contributed by atoms with E-state index in [0.29, 0.717) is 12.8 Å². The minimum atomic E-state index is -0.349. The number of rotatable bonds is 13. The Balaban J connectivity index is 3.55. The maximum Gasteiger partial charge on any atom is 0.306 e. The van der Waals surface area contributed by atoms with Crippen LogP contribution < -0.4 is 0 Å². The summed E-state index contributed by atoms with van der Waals surface area (Å²) in [5.41, 5.74) is -0.698. The molecular weight excluding hydrogens is 304 g/mol. The number of hydrogen-bond donors (Lipinski definition) is 0. The molecule has 0 saturated carbocycles. The van der Waals surface area contributed by atoms with Gasteiger partial charge in [-0.05, 0) is 53.4 Å². The van der Waals surface area contributed by atoms with Crippen LogP contribution in [0.3, 0.4) is 0 Å². The maximum absolute atomic E-state index is 11.7. The first-order valence-electron chi connectivity index (χ1n) is 9.55. The van der Waals surface area contributed by atoms with E-state index in [0.717, 1.165) is 51.4 Å². The maximum atomic E-state index is 11.7. The first-order valence-corrected chi connectivity index (χ1v) is 9.55. The summed E-state index contributed by atoms with van der Waals surface area (Å²) < 4.78 is 10.8. The highest BCUT2D eigenvalue weighted by Crippen LogP contribution is 2.17. The minimum Gasteiger partial charge on any atom is -0.460 e. The highest BCUT2D eigenvalue weighted by Gasteiger charge is 2.20. The molecular formula is C20H38O4. The average molecular weight is 343 g/mol. The van der Waals surface area contributed by atoms with E-state index in [9.17, 15) is 9.59 Å². The van der Waals surface area contributed by atoms with Gasteiger partial charge in [0.2, 0.25) is 0 Å². The van der Waals surface area contributed by atoms with Gasteiger partial charge in [-0.3, -0.25) is 9.59 Å². The normalized spacial score (nSPS) is 12.1. The molecule has 0 atom stereocenters. The Labute approximate surface area is 148 Å². The molecule has 0 aromatic heterocycles. The predicted molar refractivity (Wildman–Crippen MR) is 97.9 cm³/mol. The van der Waals surface area contributed by atoms with E-state index in [1.807, 2.05) is 41.5 Å². The molecule has 4 heteroatoms. The summed E-state index contributed by atoms with van der Waals surface area (Å²) in [4.78, 5) is 23.4. The third kappa shape index (κ3) is 12.4. The Kier molecular flexibility index (Phi) is 11.0. The molecule has 0 N–H and O–H groups in total. The SMILES string of the molecule is CCC(C)(C)OC(=O)CCCCCCCCC(=O)OC(C)(C)CC. The highest BCUT2D eigenvalue weighted by molar-refractivity contribution is 5.70. The van der Waals surface area contributed by atoms with Crippen molar-refractivity contribution in [2.24, 2.45) is 0 Å². The third-order valence-electron chi connectivity index (χ3n) is 4.49. The predicted octanol–water partition coefficient (Wildman–Crippen LogP) is 5.57. The molecule has 0 aromatic carbocycles. The van der Waals surface area contributed by atoms with Crippen LogP contribution in [0.1, 0.15) is 106 Å². The van der Waals surface area contributed by atoms with Gasteiger partial charge in [-0.1, -0.05) is 39.5 Å². The van der Waals surface area contributed by atoms with Crippen molar-refractivity contribution >= 4 is 11.9 Å². The van der Waals surface area contributed by atoms with Crippen LogP contribution in [0.15, 0.2) is 0 Å². The molecule has 0 rings (SSSR count). The quantitative estimate of drug-likeness (QED) is 0.324. The van der Waals surface area contributed by atoms with Gasteiger partial charge in [0.25, 0.3) is 0 Å². The lowest BCUT2D eigenvalue weighted by atomic mass is 10.1. The van der Waals surface area contributed by atoms with Crippen LogP contribution in [-0.2, 0) is 19.1 Å². The molecule has 0 bridgehead atoms. The molecule has 0 heterocycles. The average Bonchev–Trinajstić information content (AvgIpc) is 2.49. The van der Waals surface area contributed by atoms with Gasteiger partial charge in [-0.2, -0.15) is 0 Å². The summed E-state index contributed by atoms with van der Waals surface area (Å²) in [6.07, 6.45) is 8.69. The molecule has 0 aliphatic carbocycles. The van der Waals surface area contributed by atoms with Gasteiger partial charge in [0.1, 0.15) is 11.2 Å². The number of carbonyl (C=O) groups excluding carboxylic acids is 2. The molecule has 4 nitrogen and oxygen atoms in total. The molecule has 0 aliphatic heterocycles. The van der Waals surface area contributed by atoms with Crippen LogP contribution >= 0.6 is 0 Å². The van der Waals surface area contributed by atoms with E-state index in [1.165, 1.54) is 0 Å². The fourth-order valence-electron chi connectivity index (χ4n) is 2.11. The van der Waals surface area contributed by atoms with Crippen LogP contribution in [0, 0.1) is 0 Å². The lowest BCUT2D eigenvalue weighted by Crippen LogP contribution is -2.26. The van der Waals surface area contributed by atoms with Crippen molar-refractivity contribution in [2.75, 3.05) is 0 Å². The first-order chi connectivity index (χ1) is 11.1. The number of esters is 2. The topological polar surface area (TPSA) is 52.6 Å². The van der Waals surface area contributed by atoms with E-state index in [4.69, 9.17) is 9.47 Å². The molecule has 0 amide bonds. The molecule has 0 aliphatic rings. The molecule has 0 aromatic rings. The van der Waals surface area contributed by atoms with Gasteiger partial charge in [0, 0.05) is 12.8 Å². The Morgan fingerprint density at radius 3 is 1.21 bits per heavy atom. The van der Waals surface area contributed by atoms with Gasteiger partial charge < -0.3 is 9.47 Å². The molecule has 0 radical (unpaired) electrons. The van der Waals surface area contributed by atoms with E-state index >= 15 is 0 Å². The van der Waals surface area contributed by atoms with E-state index in [-0.39, 0.29) is 23.1 Å². The summed E-state index contributed by atoms with van der Waals surface area (Å²) in [5, 5.41) is 0. The smallest absolute Gasteiger partial charge is 0.306 e. The minimum absolute atomic E-state index is 0.0943. The fourth-order valence-corrected chi connectivity index (χ4v) is 2.11. The lowest BCUT2D eigenvalue weighted by molar-refractivity contribution is -0.158. The Bertz CT molecular complexity index is 336. The van der Waals surface area contributed by atoms with Crippen molar-refractivity contribution < 1.29 is 19.1 Å². The van der Waals surface area contributed by atoms with Crippen molar-refractivity contribution in [1.29, 1.82) is 0 Å². The van der Waals surface area contributed by atoms with Crippen molar-refractivity contribution in [3.8, 4) is 0 Å². The standard InChI is InChI=1S/C20H38O4/c1-7-19(3,4)23-17(21)15-13-11-9-10-12-14-16-18(22)24-20(5,6)8-2/h7-16H2,1-6H3. The largest absolute Gasteiger partial charge is 0.460 e. The molecule has 0 saturated heterocycles. The number of hydrogen-bond acceptors (Lipinski definition) is 4. The number of carbonyl (C=O) groups is 2. The van der Waals surface area contributed by atoms with Crippen LogP contribution in [0.2, 0.25) is 0 Å².